The van der Waals surface area contributed by atoms with Gasteiger partial charge in [-0.2, -0.15) is 0 Å². The van der Waals surface area contributed by atoms with E-state index in [1.807, 2.05) is 0 Å². The van der Waals surface area contributed by atoms with E-state index in [0.29, 0.717) is 23.0 Å². The number of nitrogens with one attached hydrogen (secondary N) is 2. The Morgan fingerprint density at radius 3 is 2.94 bits per heavy atom. The molecule has 2 N–H and O–H groups in total. The van der Waals surface area contributed by atoms with Crippen molar-refractivity contribution in [2.75, 3.05) is 19.6 Å². The molecule has 1 heterocycles. The molecule has 0 bridgehead atoms. The van der Waals surface area contributed by atoms with E-state index in [0.717, 1.165) is 17.6 Å². The lowest BCUT2D eigenvalue weighted by molar-refractivity contribution is 0.0941. The van der Waals surface area contributed by atoms with E-state index in [9.17, 15) is 4.79 Å². The van der Waals surface area contributed by atoms with Gasteiger partial charge < -0.3 is 10.6 Å². The van der Waals surface area contributed by atoms with E-state index in [2.05, 4.69) is 26.6 Å². The van der Waals surface area contributed by atoms with Crippen LogP contribution < -0.4 is 10.6 Å². The summed E-state index contributed by atoms with van der Waals surface area (Å²) in [5, 5.41) is 6.63. The molecule has 0 aromatic heterocycles. The third-order valence-electron chi connectivity index (χ3n) is 2.59. The lowest BCUT2D eigenvalue weighted by atomic mass is 10.0. The number of rotatable bonds is 3. The van der Waals surface area contributed by atoms with Crippen molar-refractivity contribution >= 4 is 33.4 Å². The van der Waals surface area contributed by atoms with Crippen LogP contribution in [-0.4, -0.2) is 25.5 Å². The molecule has 1 saturated heterocycles. The van der Waals surface area contributed by atoms with E-state index < -0.39 is 0 Å². The van der Waals surface area contributed by atoms with Gasteiger partial charge in [0.05, 0.1) is 5.56 Å². The Bertz CT molecular complexity index is 407. The summed E-state index contributed by atoms with van der Waals surface area (Å²) in [5.41, 5.74) is 0.583. The standard InChI is InChI=1S/C11H12BrClN2O/c12-10-2-1-8(13)3-9(10)11(16)15-6-7-4-14-5-7/h1-3,7,14H,4-6H2,(H,15,16). The van der Waals surface area contributed by atoms with E-state index in [1.165, 1.54) is 0 Å². The summed E-state index contributed by atoms with van der Waals surface area (Å²) in [4.78, 5) is 11.8. The molecule has 86 valence electrons. The fourth-order valence-electron chi connectivity index (χ4n) is 1.50. The first-order valence-electron chi connectivity index (χ1n) is 5.11. The Labute approximate surface area is 108 Å². The summed E-state index contributed by atoms with van der Waals surface area (Å²) in [6.45, 7) is 2.68. The smallest absolute Gasteiger partial charge is 0.252 e. The fraction of sp³-hybridized carbons (Fsp3) is 0.364. The number of amides is 1. The maximum Gasteiger partial charge on any atom is 0.252 e. The summed E-state index contributed by atoms with van der Waals surface area (Å²) in [6, 6.07) is 5.19. The highest BCUT2D eigenvalue weighted by atomic mass is 79.9. The zero-order valence-electron chi connectivity index (χ0n) is 8.59. The van der Waals surface area contributed by atoms with Crippen LogP contribution in [0.3, 0.4) is 0 Å². The quantitative estimate of drug-likeness (QED) is 0.897. The fourth-order valence-corrected chi connectivity index (χ4v) is 2.10. The second-order valence-corrected chi connectivity index (χ2v) is 5.15. The van der Waals surface area contributed by atoms with Crippen molar-refractivity contribution < 1.29 is 4.79 Å². The van der Waals surface area contributed by atoms with Crippen molar-refractivity contribution in [3.63, 3.8) is 0 Å². The molecule has 0 atom stereocenters. The van der Waals surface area contributed by atoms with Crippen LogP contribution in [0, 0.1) is 5.92 Å². The molecule has 1 aromatic rings. The number of hydrogen-bond donors (Lipinski definition) is 2. The Morgan fingerprint density at radius 1 is 1.56 bits per heavy atom. The zero-order valence-corrected chi connectivity index (χ0v) is 10.9. The normalized spacial score (nSPS) is 15.6. The number of carbonyl (C=O) groups is 1. The van der Waals surface area contributed by atoms with Gasteiger partial charge in [0.2, 0.25) is 0 Å². The highest BCUT2D eigenvalue weighted by Gasteiger charge is 2.18. The molecule has 1 fully saturated rings. The van der Waals surface area contributed by atoms with E-state index in [4.69, 9.17) is 11.6 Å². The molecular formula is C11H12BrClN2O. The van der Waals surface area contributed by atoms with Crippen LogP contribution in [0.4, 0.5) is 0 Å². The molecule has 1 aliphatic rings. The zero-order chi connectivity index (χ0) is 11.5. The lowest BCUT2D eigenvalue weighted by Crippen LogP contribution is -2.48. The third kappa shape index (κ3) is 2.75. The minimum atomic E-state index is -0.0822. The highest BCUT2D eigenvalue weighted by Crippen LogP contribution is 2.21. The Kier molecular flexibility index (Phi) is 3.84. The van der Waals surface area contributed by atoms with Gasteiger partial charge in [-0.1, -0.05) is 11.6 Å². The van der Waals surface area contributed by atoms with Crippen molar-refractivity contribution in [1.82, 2.24) is 10.6 Å². The summed E-state index contributed by atoms with van der Waals surface area (Å²) in [7, 11) is 0. The first kappa shape index (κ1) is 11.9. The minimum Gasteiger partial charge on any atom is -0.352 e. The Morgan fingerprint density at radius 2 is 2.31 bits per heavy atom. The average molecular weight is 304 g/mol. The largest absolute Gasteiger partial charge is 0.352 e. The maximum absolute atomic E-state index is 11.8. The van der Waals surface area contributed by atoms with Crippen LogP contribution >= 0.6 is 27.5 Å². The predicted octanol–water partition coefficient (Wildman–Crippen LogP) is 2.05. The molecule has 0 unspecified atom stereocenters. The number of carbonyl (C=O) groups excluding carboxylic acids is 1. The van der Waals surface area contributed by atoms with Gasteiger partial charge in [-0.25, -0.2) is 0 Å². The molecule has 1 aromatic carbocycles. The van der Waals surface area contributed by atoms with Gasteiger partial charge in [-0.05, 0) is 34.1 Å². The molecule has 0 aliphatic carbocycles. The molecule has 16 heavy (non-hydrogen) atoms. The van der Waals surface area contributed by atoms with Crippen LogP contribution in [0.25, 0.3) is 0 Å². The Hall–Kier alpha value is -0.580. The van der Waals surface area contributed by atoms with Gasteiger partial charge in [-0.3, -0.25) is 4.79 Å². The van der Waals surface area contributed by atoms with Gasteiger partial charge in [0.15, 0.2) is 0 Å². The first-order chi connectivity index (χ1) is 7.66. The molecule has 0 spiro atoms. The van der Waals surface area contributed by atoms with Gasteiger partial charge in [0.25, 0.3) is 5.91 Å². The van der Waals surface area contributed by atoms with Crippen LogP contribution in [0.1, 0.15) is 10.4 Å². The lowest BCUT2D eigenvalue weighted by Gasteiger charge is -2.27. The summed E-state index contributed by atoms with van der Waals surface area (Å²) in [6.07, 6.45) is 0. The molecular weight excluding hydrogens is 291 g/mol. The number of halogens is 2. The van der Waals surface area contributed by atoms with Crippen LogP contribution in [0.2, 0.25) is 5.02 Å². The molecule has 0 saturated carbocycles. The van der Waals surface area contributed by atoms with Crippen molar-refractivity contribution in [1.29, 1.82) is 0 Å². The van der Waals surface area contributed by atoms with Gasteiger partial charge in [0, 0.05) is 35.0 Å². The molecule has 1 aliphatic heterocycles. The molecule has 0 radical (unpaired) electrons. The average Bonchev–Trinajstić information content (AvgIpc) is 2.19. The maximum atomic E-state index is 11.8. The van der Waals surface area contributed by atoms with Gasteiger partial charge in [0.1, 0.15) is 0 Å². The predicted molar refractivity (Wildman–Crippen MR) is 67.8 cm³/mol. The molecule has 1 amide bonds. The monoisotopic (exact) mass is 302 g/mol. The number of benzene rings is 1. The summed E-state index contributed by atoms with van der Waals surface area (Å²) in [5.74, 6) is 0.475. The van der Waals surface area contributed by atoms with Crippen molar-refractivity contribution in [2.24, 2.45) is 5.92 Å². The second kappa shape index (κ2) is 5.17. The Balaban J connectivity index is 1.99. The van der Waals surface area contributed by atoms with E-state index in [-0.39, 0.29) is 5.91 Å². The van der Waals surface area contributed by atoms with Crippen LogP contribution in [0.15, 0.2) is 22.7 Å². The third-order valence-corrected chi connectivity index (χ3v) is 3.52. The molecule has 2 rings (SSSR count). The SMILES string of the molecule is O=C(NCC1CNC1)c1cc(Cl)ccc1Br. The number of hydrogen-bond acceptors (Lipinski definition) is 2. The molecule has 3 nitrogen and oxygen atoms in total. The van der Waals surface area contributed by atoms with Gasteiger partial charge in [-0.15, -0.1) is 0 Å². The summed E-state index contributed by atoms with van der Waals surface area (Å²) < 4.78 is 0.765. The van der Waals surface area contributed by atoms with Gasteiger partial charge >= 0.3 is 0 Å². The highest BCUT2D eigenvalue weighted by molar-refractivity contribution is 9.10. The topological polar surface area (TPSA) is 41.1 Å². The van der Waals surface area contributed by atoms with Crippen molar-refractivity contribution in [3.05, 3.63) is 33.3 Å². The summed E-state index contributed by atoms with van der Waals surface area (Å²) >= 11 is 9.19. The second-order valence-electron chi connectivity index (χ2n) is 3.86. The van der Waals surface area contributed by atoms with Crippen LogP contribution in [-0.2, 0) is 0 Å². The first-order valence-corrected chi connectivity index (χ1v) is 6.28. The van der Waals surface area contributed by atoms with Crippen molar-refractivity contribution in [2.45, 2.75) is 0 Å². The van der Waals surface area contributed by atoms with Crippen LogP contribution in [0.5, 0.6) is 0 Å². The van der Waals surface area contributed by atoms with E-state index in [1.54, 1.807) is 18.2 Å². The van der Waals surface area contributed by atoms with E-state index >= 15 is 0 Å². The van der Waals surface area contributed by atoms with Crippen molar-refractivity contribution in [3.8, 4) is 0 Å². The minimum absolute atomic E-state index is 0.0822. The molecule has 5 heteroatoms.